The third-order valence-corrected chi connectivity index (χ3v) is 5.66. The summed E-state index contributed by atoms with van der Waals surface area (Å²) in [5.41, 5.74) is 4.08. The molecule has 4 aromatic rings. The fourth-order valence-electron chi connectivity index (χ4n) is 3.03. The van der Waals surface area contributed by atoms with Crippen LogP contribution in [0.3, 0.4) is 0 Å². The molecule has 2 aromatic carbocycles. The Hall–Kier alpha value is -2.27. The number of rotatable bonds is 3. The Bertz CT molecular complexity index is 1210. The molecule has 0 radical (unpaired) electrons. The minimum atomic E-state index is -0.155. The van der Waals surface area contributed by atoms with Crippen LogP contribution in [0.5, 0.6) is 0 Å². The van der Waals surface area contributed by atoms with Crippen LogP contribution in [-0.4, -0.2) is 14.6 Å². The van der Waals surface area contributed by atoms with Crippen LogP contribution >= 0.6 is 34.8 Å². The van der Waals surface area contributed by atoms with Gasteiger partial charge in [0, 0.05) is 33.3 Å². The van der Waals surface area contributed by atoms with Crippen LogP contribution in [0.25, 0.3) is 16.8 Å². The zero-order chi connectivity index (χ0) is 20.8. The van der Waals surface area contributed by atoms with Crippen LogP contribution in [0, 0.1) is 0 Å². The summed E-state index contributed by atoms with van der Waals surface area (Å²) >= 11 is 18.7. The van der Waals surface area contributed by atoms with E-state index in [2.05, 4.69) is 31.2 Å². The van der Waals surface area contributed by atoms with E-state index in [9.17, 15) is 0 Å². The molecule has 148 valence electrons. The van der Waals surface area contributed by atoms with Crippen LogP contribution in [0.4, 0.5) is 11.5 Å². The van der Waals surface area contributed by atoms with E-state index in [-0.39, 0.29) is 5.41 Å². The quantitative estimate of drug-likeness (QED) is 0.357. The van der Waals surface area contributed by atoms with Gasteiger partial charge < -0.3 is 5.32 Å². The van der Waals surface area contributed by atoms with Crippen molar-refractivity contribution in [2.45, 2.75) is 26.2 Å². The SMILES string of the molecule is CC(C)(C)c1cc(Nc2ccc(Cl)c(Cl)c2)n2ncc(-c3ccccc3Cl)c2n1. The first-order valence-corrected chi connectivity index (χ1v) is 10.2. The van der Waals surface area contributed by atoms with Crippen LogP contribution < -0.4 is 5.32 Å². The fourth-order valence-corrected chi connectivity index (χ4v) is 3.56. The number of nitrogens with one attached hydrogen (secondary N) is 1. The molecule has 0 bridgehead atoms. The molecule has 0 saturated heterocycles. The summed E-state index contributed by atoms with van der Waals surface area (Å²) in [5, 5.41) is 9.61. The van der Waals surface area contributed by atoms with E-state index in [4.69, 9.17) is 39.8 Å². The number of halogens is 3. The summed E-state index contributed by atoms with van der Waals surface area (Å²) in [7, 11) is 0. The second kappa shape index (κ2) is 7.52. The molecule has 2 heterocycles. The minimum Gasteiger partial charge on any atom is -0.340 e. The Morgan fingerprint density at radius 1 is 0.862 bits per heavy atom. The lowest BCUT2D eigenvalue weighted by molar-refractivity contribution is 0.569. The fraction of sp³-hybridized carbons (Fsp3) is 0.182. The molecule has 0 aliphatic heterocycles. The van der Waals surface area contributed by atoms with Gasteiger partial charge in [-0.25, -0.2) is 4.98 Å². The average Bonchev–Trinajstić information content (AvgIpc) is 3.08. The molecule has 0 aliphatic rings. The second-order valence-corrected chi connectivity index (χ2v) is 9.03. The normalized spacial score (nSPS) is 11.8. The van der Waals surface area contributed by atoms with Gasteiger partial charge in [-0.05, 0) is 24.3 Å². The van der Waals surface area contributed by atoms with Crippen molar-refractivity contribution in [1.82, 2.24) is 14.6 Å². The van der Waals surface area contributed by atoms with Crippen molar-refractivity contribution in [1.29, 1.82) is 0 Å². The number of benzene rings is 2. The Morgan fingerprint density at radius 3 is 2.31 bits per heavy atom. The molecule has 0 saturated carbocycles. The van der Waals surface area contributed by atoms with Gasteiger partial charge in [-0.2, -0.15) is 9.61 Å². The van der Waals surface area contributed by atoms with E-state index in [1.54, 1.807) is 22.8 Å². The van der Waals surface area contributed by atoms with Gasteiger partial charge in [-0.1, -0.05) is 73.8 Å². The third-order valence-electron chi connectivity index (χ3n) is 4.60. The molecule has 4 nitrogen and oxygen atoms in total. The zero-order valence-corrected chi connectivity index (χ0v) is 18.4. The lowest BCUT2D eigenvalue weighted by Crippen LogP contribution is -2.16. The van der Waals surface area contributed by atoms with Crippen LogP contribution in [-0.2, 0) is 5.41 Å². The standard InChI is InChI=1S/C22H19Cl3N4/c1-22(2,3)19-11-20(27-13-8-9-17(24)18(25)10-13)29-21(28-19)15(12-26-29)14-6-4-5-7-16(14)23/h4-12,27H,1-3H3. The molecule has 29 heavy (non-hydrogen) atoms. The lowest BCUT2D eigenvalue weighted by Gasteiger charge is -2.20. The van der Waals surface area contributed by atoms with Crippen molar-refractivity contribution >= 4 is 52.0 Å². The minimum absolute atomic E-state index is 0.155. The summed E-state index contributed by atoms with van der Waals surface area (Å²) in [6.45, 7) is 6.38. The van der Waals surface area contributed by atoms with E-state index in [1.165, 1.54) is 0 Å². The highest BCUT2D eigenvalue weighted by atomic mass is 35.5. The largest absolute Gasteiger partial charge is 0.340 e. The van der Waals surface area contributed by atoms with Crippen molar-refractivity contribution in [3.05, 3.63) is 75.5 Å². The molecular weight excluding hydrogens is 427 g/mol. The predicted molar refractivity (Wildman–Crippen MR) is 122 cm³/mol. The number of nitrogens with zero attached hydrogens (tertiary/aromatic N) is 3. The maximum Gasteiger partial charge on any atom is 0.165 e. The monoisotopic (exact) mass is 444 g/mol. The predicted octanol–water partition coefficient (Wildman–Crippen LogP) is 7.40. The topological polar surface area (TPSA) is 42.2 Å². The van der Waals surface area contributed by atoms with Gasteiger partial charge in [0.1, 0.15) is 5.82 Å². The maximum atomic E-state index is 6.44. The van der Waals surface area contributed by atoms with Gasteiger partial charge in [0.25, 0.3) is 0 Å². The molecule has 1 N–H and O–H groups in total. The number of aromatic nitrogens is 3. The maximum absolute atomic E-state index is 6.44. The highest BCUT2D eigenvalue weighted by Crippen LogP contribution is 2.34. The molecular formula is C22H19Cl3N4. The third kappa shape index (κ3) is 3.93. The molecule has 0 spiro atoms. The molecule has 0 aliphatic carbocycles. The second-order valence-electron chi connectivity index (χ2n) is 7.80. The molecule has 0 fully saturated rings. The first-order chi connectivity index (χ1) is 13.7. The van der Waals surface area contributed by atoms with E-state index in [1.807, 2.05) is 36.4 Å². The van der Waals surface area contributed by atoms with Crippen molar-refractivity contribution in [2.75, 3.05) is 5.32 Å². The molecule has 0 unspecified atom stereocenters. The van der Waals surface area contributed by atoms with E-state index >= 15 is 0 Å². The number of hydrogen-bond donors (Lipinski definition) is 1. The molecule has 0 atom stereocenters. The molecule has 4 rings (SSSR count). The van der Waals surface area contributed by atoms with E-state index < -0.39 is 0 Å². The lowest BCUT2D eigenvalue weighted by atomic mass is 9.92. The van der Waals surface area contributed by atoms with E-state index in [0.717, 1.165) is 34.0 Å². The highest BCUT2D eigenvalue weighted by molar-refractivity contribution is 6.42. The summed E-state index contributed by atoms with van der Waals surface area (Å²) < 4.78 is 1.77. The summed E-state index contributed by atoms with van der Waals surface area (Å²) in [6.07, 6.45) is 1.79. The summed E-state index contributed by atoms with van der Waals surface area (Å²) in [5.74, 6) is 0.775. The van der Waals surface area contributed by atoms with Gasteiger partial charge in [-0.15, -0.1) is 0 Å². The van der Waals surface area contributed by atoms with Crippen molar-refractivity contribution in [2.24, 2.45) is 0 Å². The zero-order valence-electron chi connectivity index (χ0n) is 16.2. The Morgan fingerprint density at radius 2 is 1.62 bits per heavy atom. The first-order valence-electron chi connectivity index (χ1n) is 9.10. The van der Waals surface area contributed by atoms with Crippen molar-refractivity contribution < 1.29 is 0 Å². The number of anilines is 2. The smallest absolute Gasteiger partial charge is 0.165 e. The van der Waals surface area contributed by atoms with Crippen LogP contribution in [0.1, 0.15) is 26.5 Å². The van der Waals surface area contributed by atoms with Crippen LogP contribution in [0.2, 0.25) is 15.1 Å². The Balaban J connectivity index is 1.92. The van der Waals surface area contributed by atoms with Crippen molar-refractivity contribution in [3.8, 4) is 11.1 Å². The summed E-state index contributed by atoms with van der Waals surface area (Å²) in [4.78, 5) is 4.91. The summed E-state index contributed by atoms with van der Waals surface area (Å²) in [6, 6.07) is 15.1. The van der Waals surface area contributed by atoms with Gasteiger partial charge >= 0.3 is 0 Å². The molecule has 2 aromatic heterocycles. The Labute approximate surface area is 184 Å². The van der Waals surface area contributed by atoms with Crippen LogP contribution in [0.15, 0.2) is 54.7 Å². The average molecular weight is 446 g/mol. The number of fused-ring (bicyclic) bond motifs is 1. The Kier molecular flexibility index (Phi) is 5.19. The number of hydrogen-bond acceptors (Lipinski definition) is 3. The van der Waals surface area contributed by atoms with Gasteiger partial charge in [0.2, 0.25) is 0 Å². The molecule has 7 heteroatoms. The highest BCUT2D eigenvalue weighted by Gasteiger charge is 2.21. The van der Waals surface area contributed by atoms with E-state index in [0.29, 0.717) is 15.1 Å². The van der Waals surface area contributed by atoms with Gasteiger partial charge in [0.15, 0.2) is 5.65 Å². The van der Waals surface area contributed by atoms with Gasteiger partial charge in [-0.3, -0.25) is 0 Å². The molecule has 0 amide bonds. The first kappa shape index (κ1) is 20.0. The van der Waals surface area contributed by atoms with Crippen molar-refractivity contribution in [3.63, 3.8) is 0 Å². The van der Waals surface area contributed by atoms with Gasteiger partial charge in [0.05, 0.1) is 21.9 Å².